The van der Waals surface area contributed by atoms with Gasteiger partial charge in [0.05, 0.1) is 6.61 Å². The number of allylic oxidation sites excluding steroid dienone is 2. The van der Waals surface area contributed by atoms with Crippen molar-refractivity contribution in [1.82, 2.24) is 0 Å². The van der Waals surface area contributed by atoms with Crippen molar-refractivity contribution in [1.29, 1.82) is 0 Å². The van der Waals surface area contributed by atoms with E-state index in [0.717, 1.165) is 25.0 Å². The summed E-state index contributed by atoms with van der Waals surface area (Å²) >= 11 is 0. The molecule has 2 atom stereocenters. The smallest absolute Gasteiger partial charge is 0.0716 e. The van der Waals surface area contributed by atoms with E-state index in [-0.39, 0.29) is 0 Å². The summed E-state index contributed by atoms with van der Waals surface area (Å²) < 4.78 is 5.42. The molecule has 17 heavy (non-hydrogen) atoms. The van der Waals surface area contributed by atoms with Gasteiger partial charge < -0.3 is 4.74 Å². The molecule has 0 spiro atoms. The Morgan fingerprint density at radius 2 is 2.00 bits per heavy atom. The first-order valence-electron chi connectivity index (χ1n) is 6.75. The second-order valence-electron chi connectivity index (χ2n) is 5.23. The quantitative estimate of drug-likeness (QED) is 0.755. The third kappa shape index (κ3) is 2.16. The van der Waals surface area contributed by atoms with E-state index in [1.165, 1.54) is 30.4 Å². The maximum absolute atomic E-state index is 5.42. The fraction of sp³-hybridized carbons (Fsp3) is 0.500. The van der Waals surface area contributed by atoms with Crippen LogP contribution < -0.4 is 0 Å². The van der Waals surface area contributed by atoms with Gasteiger partial charge in [-0.1, -0.05) is 30.3 Å². The van der Waals surface area contributed by atoms with E-state index in [0.29, 0.717) is 0 Å². The van der Waals surface area contributed by atoms with Crippen molar-refractivity contribution in [2.45, 2.75) is 32.8 Å². The van der Waals surface area contributed by atoms with Crippen molar-refractivity contribution in [3.63, 3.8) is 0 Å². The number of hydrogen-bond donors (Lipinski definition) is 0. The van der Waals surface area contributed by atoms with Gasteiger partial charge in [0.2, 0.25) is 0 Å². The lowest BCUT2D eigenvalue weighted by atomic mass is 9.92. The Hall–Kier alpha value is -1.08. The Labute approximate surface area is 103 Å². The molecule has 0 radical (unpaired) electrons. The standard InChI is InChI=1S/C16H20O/c1-2-17-11-12-3-6-14(7-4-12)16-10-13-5-8-15(16)9-13/h3-4,6-7,10,13,15H,2,5,8-9,11H2,1H3/t13-,15?/m1/s1. The number of fused-ring (bicyclic) bond motifs is 2. The van der Waals surface area contributed by atoms with Crippen molar-refractivity contribution >= 4 is 5.57 Å². The van der Waals surface area contributed by atoms with Gasteiger partial charge in [-0.15, -0.1) is 0 Å². The fourth-order valence-electron chi connectivity index (χ4n) is 3.19. The molecule has 2 aliphatic rings. The minimum Gasteiger partial charge on any atom is -0.377 e. The van der Waals surface area contributed by atoms with Crippen molar-refractivity contribution in [3.05, 3.63) is 41.5 Å². The van der Waals surface area contributed by atoms with Crippen LogP contribution in [0.1, 0.15) is 37.3 Å². The second-order valence-corrected chi connectivity index (χ2v) is 5.23. The van der Waals surface area contributed by atoms with Crippen molar-refractivity contribution < 1.29 is 4.74 Å². The molecule has 1 aromatic carbocycles. The Kier molecular flexibility index (Phi) is 3.02. The summed E-state index contributed by atoms with van der Waals surface area (Å²) in [7, 11) is 0. The molecule has 0 amide bonds. The molecule has 1 fully saturated rings. The number of benzene rings is 1. The zero-order valence-corrected chi connectivity index (χ0v) is 10.5. The van der Waals surface area contributed by atoms with Crippen LogP contribution in [0.4, 0.5) is 0 Å². The predicted octanol–water partition coefficient (Wildman–Crippen LogP) is 4.04. The van der Waals surface area contributed by atoms with Crippen molar-refractivity contribution in [3.8, 4) is 0 Å². The summed E-state index contributed by atoms with van der Waals surface area (Å²) in [6.07, 6.45) is 6.72. The molecule has 2 bridgehead atoms. The van der Waals surface area contributed by atoms with E-state index in [4.69, 9.17) is 4.74 Å². The van der Waals surface area contributed by atoms with Gasteiger partial charge >= 0.3 is 0 Å². The molecule has 0 heterocycles. The molecule has 2 aliphatic carbocycles. The Morgan fingerprint density at radius 3 is 2.59 bits per heavy atom. The first-order chi connectivity index (χ1) is 8.36. The van der Waals surface area contributed by atoms with E-state index in [1.54, 1.807) is 5.57 Å². The Bertz CT molecular complexity index is 416. The third-order valence-corrected chi connectivity index (χ3v) is 4.09. The average molecular weight is 228 g/mol. The summed E-state index contributed by atoms with van der Waals surface area (Å²) in [5.41, 5.74) is 4.31. The van der Waals surface area contributed by atoms with Gasteiger partial charge in [-0.3, -0.25) is 0 Å². The number of ether oxygens (including phenoxy) is 1. The molecule has 1 aromatic rings. The van der Waals surface area contributed by atoms with Gasteiger partial charge in [0, 0.05) is 6.61 Å². The second kappa shape index (κ2) is 4.66. The summed E-state index contributed by atoms with van der Waals surface area (Å²) in [5.74, 6) is 1.72. The predicted molar refractivity (Wildman–Crippen MR) is 70.6 cm³/mol. The van der Waals surface area contributed by atoms with Crippen LogP contribution in [0.3, 0.4) is 0 Å². The van der Waals surface area contributed by atoms with E-state index in [9.17, 15) is 0 Å². The van der Waals surface area contributed by atoms with Crippen LogP contribution in [-0.2, 0) is 11.3 Å². The summed E-state index contributed by atoms with van der Waals surface area (Å²) in [4.78, 5) is 0. The molecule has 1 saturated carbocycles. The molecule has 0 aliphatic heterocycles. The van der Waals surface area contributed by atoms with Crippen molar-refractivity contribution in [2.75, 3.05) is 6.61 Å². The third-order valence-electron chi connectivity index (χ3n) is 4.09. The molecule has 0 saturated heterocycles. The monoisotopic (exact) mass is 228 g/mol. The molecule has 1 heteroatoms. The normalized spacial score (nSPS) is 26.3. The molecular formula is C16H20O. The van der Waals surface area contributed by atoms with Gasteiger partial charge in [-0.25, -0.2) is 0 Å². The molecule has 0 aromatic heterocycles. The Morgan fingerprint density at radius 1 is 1.18 bits per heavy atom. The maximum Gasteiger partial charge on any atom is 0.0716 e. The van der Waals surface area contributed by atoms with Crippen LogP contribution in [-0.4, -0.2) is 6.61 Å². The summed E-state index contributed by atoms with van der Waals surface area (Å²) in [6, 6.07) is 8.94. The highest BCUT2D eigenvalue weighted by Crippen LogP contribution is 2.47. The highest BCUT2D eigenvalue weighted by molar-refractivity contribution is 5.70. The summed E-state index contributed by atoms with van der Waals surface area (Å²) in [6.45, 7) is 3.56. The van der Waals surface area contributed by atoms with Crippen LogP contribution in [0.2, 0.25) is 0 Å². The minimum atomic E-state index is 0.738. The van der Waals surface area contributed by atoms with Gasteiger partial charge in [0.1, 0.15) is 0 Å². The molecule has 1 nitrogen and oxygen atoms in total. The SMILES string of the molecule is CCOCc1ccc(C2=C[C@@H]3CCC2C3)cc1. The van der Waals surface area contributed by atoms with Crippen LogP contribution in [0.25, 0.3) is 5.57 Å². The van der Waals surface area contributed by atoms with Gasteiger partial charge in [-0.2, -0.15) is 0 Å². The lowest BCUT2D eigenvalue weighted by Gasteiger charge is -2.14. The largest absolute Gasteiger partial charge is 0.377 e. The lowest BCUT2D eigenvalue weighted by Crippen LogP contribution is -1.97. The van der Waals surface area contributed by atoms with Crippen LogP contribution >= 0.6 is 0 Å². The zero-order chi connectivity index (χ0) is 11.7. The van der Waals surface area contributed by atoms with E-state index < -0.39 is 0 Å². The maximum atomic E-state index is 5.42. The van der Waals surface area contributed by atoms with Crippen LogP contribution in [0, 0.1) is 11.8 Å². The van der Waals surface area contributed by atoms with Gasteiger partial charge in [0.25, 0.3) is 0 Å². The molecule has 0 N–H and O–H groups in total. The van der Waals surface area contributed by atoms with Crippen LogP contribution in [0.15, 0.2) is 30.3 Å². The highest BCUT2D eigenvalue weighted by Gasteiger charge is 2.32. The van der Waals surface area contributed by atoms with Gasteiger partial charge in [-0.05, 0) is 54.7 Å². The molecule has 90 valence electrons. The number of rotatable bonds is 4. The number of hydrogen-bond acceptors (Lipinski definition) is 1. The first kappa shape index (κ1) is 11.0. The fourth-order valence-corrected chi connectivity index (χ4v) is 3.19. The summed E-state index contributed by atoms with van der Waals surface area (Å²) in [5, 5.41) is 0. The Balaban J connectivity index is 1.74. The zero-order valence-electron chi connectivity index (χ0n) is 10.5. The topological polar surface area (TPSA) is 9.23 Å². The van der Waals surface area contributed by atoms with E-state index in [2.05, 4.69) is 30.3 Å². The van der Waals surface area contributed by atoms with E-state index in [1.807, 2.05) is 6.92 Å². The van der Waals surface area contributed by atoms with Crippen molar-refractivity contribution in [2.24, 2.45) is 11.8 Å². The highest BCUT2D eigenvalue weighted by atomic mass is 16.5. The molecule has 3 rings (SSSR count). The minimum absolute atomic E-state index is 0.738. The average Bonchev–Trinajstić information content (AvgIpc) is 2.99. The molecular weight excluding hydrogens is 208 g/mol. The first-order valence-corrected chi connectivity index (χ1v) is 6.75. The van der Waals surface area contributed by atoms with E-state index >= 15 is 0 Å². The van der Waals surface area contributed by atoms with Gasteiger partial charge in [0.15, 0.2) is 0 Å². The lowest BCUT2D eigenvalue weighted by molar-refractivity contribution is 0.134. The van der Waals surface area contributed by atoms with Crippen LogP contribution in [0.5, 0.6) is 0 Å². The molecule has 1 unspecified atom stereocenters.